The number of benzene rings is 1. The summed E-state index contributed by atoms with van der Waals surface area (Å²) < 4.78 is 1.85. The number of amides is 1. The molecule has 0 saturated heterocycles. The van der Waals surface area contributed by atoms with Gasteiger partial charge in [-0.05, 0) is 31.0 Å². The molecule has 0 bridgehead atoms. The molecule has 110 valence electrons. The molecular formula is C16H20N4O. The topological polar surface area (TPSA) is 50.2 Å². The van der Waals surface area contributed by atoms with Crippen LogP contribution in [0.1, 0.15) is 12.5 Å². The zero-order valence-electron chi connectivity index (χ0n) is 12.2. The van der Waals surface area contributed by atoms with Gasteiger partial charge in [0.15, 0.2) is 0 Å². The third-order valence-electron chi connectivity index (χ3n) is 3.83. The summed E-state index contributed by atoms with van der Waals surface area (Å²) in [6, 6.07) is 10.3. The quantitative estimate of drug-likeness (QED) is 0.846. The van der Waals surface area contributed by atoms with E-state index in [-0.39, 0.29) is 11.9 Å². The summed E-state index contributed by atoms with van der Waals surface area (Å²) in [6.45, 7) is 3.96. The first-order valence-corrected chi connectivity index (χ1v) is 7.34. The van der Waals surface area contributed by atoms with E-state index in [4.69, 9.17) is 0 Å². The van der Waals surface area contributed by atoms with Gasteiger partial charge in [0.2, 0.25) is 5.91 Å². The number of nitrogens with zero attached hydrogens (tertiary/aromatic N) is 3. The molecule has 1 atom stereocenters. The van der Waals surface area contributed by atoms with Gasteiger partial charge >= 0.3 is 0 Å². The number of hydrogen-bond donors (Lipinski definition) is 1. The van der Waals surface area contributed by atoms with Crippen molar-refractivity contribution < 1.29 is 4.79 Å². The number of rotatable bonds is 5. The first-order valence-electron chi connectivity index (χ1n) is 7.34. The molecule has 0 spiro atoms. The van der Waals surface area contributed by atoms with Gasteiger partial charge in [0.05, 0.1) is 13.1 Å². The minimum atomic E-state index is 0.132. The van der Waals surface area contributed by atoms with Crippen LogP contribution in [-0.2, 0) is 17.8 Å². The zero-order chi connectivity index (χ0) is 14.7. The second-order valence-corrected chi connectivity index (χ2v) is 5.39. The molecule has 1 aromatic heterocycles. The Balaban J connectivity index is 1.53. The van der Waals surface area contributed by atoms with Crippen LogP contribution in [0.5, 0.6) is 0 Å². The van der Waals surface area contributed by atoms with Gasteiger partial charge in [-0.3, -0.25) is 9.48 Å². The Kier molecular flexibility index (Phi) is 4.01. The molecule has 1 N–H and O–H groups in total. The van der Waals surface area contributed by atoms with Gasteiger partial charge in [-0.2, -0.15) is 5.10 Å². The fraction of sp³-hybridized carbons (Fsp3) is 0.375. The summed E-state index contributed by atoms with van der Waals surface area (Å²) in [5.41, 5.74) is 2.32. The molecule has 2 aromatic rings. The second kappa shape index (κ2) is 6.10. The number of fused-ring (bicyclic) bond motifs is 1. The van der Waals surface area contributed by atoms with E-state index in [1.54, 1.807) is 6.20 Å². The average Bonchev–Trinajstić information content (AvgIpc) is 3.09. The highest BCUT2D eigenvalue weighted by atomic mass is 16.2. The number of anilines is 1. The van der Waals surface area contributed by atoms with E-state index in [9.17, 15) is 4.79 Å². The maximum absolute atomic E-state index is 12.4. The predicted molar refractivity (Wildman–Crippen MR) is 82.2 cm³/mol. The Morgan fingerprint density at radius 2 is 2.24 bits per heavy atom. The van der Waals surface area contributed by atoms with Crippen LogP contribution in [-0.4, -0.2) is 34.8 Å². The molecule has 1 amide bonds. The molecule has 21 heavy (non-hydrogen) atoms. The SMILES string of the molecule is C[C@@H]1Cc2ccccc2N1C(=O)CNCCn1cccn1. The lowest BCUT2D eigenvalue weighted by Gasteiger charge is -2.23. The minimum Gasteiger partial charge on any atom is -0.308 e. The number of carbonyl (C=O) groups excluding carboxylic acids is 1. The molecule has 1 aliphatic rings. The van der Waals surface area contributed by atoms with Crippen LogP contribution in [0.4, 0.5) is 5.69 Å². The summed E-state index contributed by atoms with van der Waals surface area (Å²) >= 11 is 0. The Hall–Kier alpha value is -2.14. The van der Waals surface area contributed by atoms with Gasteiger partial charge < -0.3 is 10.2 Å². The summed E-state index contributed by atoms with van der Waals surface area (Å²) in [5.74, 6) is 0.132. The van der Waals surface area contributed by atoms with Crippen molar-refractivity contribution in [2.45, 2.75) is 25.9 Å². The molecule has 0 aliphatic carbocycles. The first kappa shape index (κ1) is 13.8. The molecule has 0 unspecified atom stereocenters. The molecule has 3 rings (SSSR count). The summed E-state index contributed by atoms with van der Waals surface area (Å²) in [7, 11) is 0. The highest BCUT2D eigenvalue weighted by Gasteiger charge is 2.29. The van der Waals surface area contributed by atoms with E-state index < -0.39 is 0 Å². The van der Waals surface area contributed by atoms with E-state index >= 15 is 0 Å². The van der Waals surface area contributed by atoms with Crippen molar-refractivity contribution in [2.75, 3.05) is 18.0 Å². The van der Waals surface area contributed by atoms with Gasteiger partial charge in [0.1, 0.15) is 0 Å². The van der Waals surface area contributed by atoms with E-state index in [0.717, 1.165) is 25.2 Å². The summed E-state index contributed by atoms with van der Waals surface area (Å²) in [5, 5.41) is 7.33. The van der Waals surface area contributed by atoms with Crippen molar-refractivity contribution in [3.8, 4) is 0 Å². The maximum Gasteiger partial charge on any atom is 0.241 e. The zero-order valence-corrected chi connectivity index (χ0v) is 12.2. The van der Waals surface area contributed by atoms with Gasteiger partial charge in [-0.1, -0.05) is 18.2 Å². The average molecular weight is 284 g/mol. The first-order chi connectivity index (χ1) is 10.3. The highest BCUT2D eigenvalue weighted by Crippen LogP contribution is 2.31. The molecule has 1 aliphatic heterocycles. The molecule has 1 aromatic carbocycles. The number of nitrogens with one attached hydrogen (secondary N) is 1. The smallest absolute Gasteiger partial charge is 0.241 e. The lowest BCUT2D eigenvalue weighted by atomic mass is 10.1. The molecule has 5 nitrogen and oxygen atoms in total. The Morgan fingerprint density at radius 1 is 1.38 bits per heavy atom. The van der Waals surface area contributed by atoms with E-state index in [2.05, 4.69) is 23.4 Å². The third kappa shape index (κ3) is 2.97. The molecule has 0 saturated carbocycles. The molecule has 5 heteroatoms. The standard InChI is InChI=1S/C16H20N4O/c1-13-11-14-5-2-3-6-15(14)20(13)16(21)12-17-8-10-19-9-4-7-18-19/h2-7,9,13,17H,8,10-12H2,1H3/t13-/m1/s1. The normalized spacial score (nSPS) is 17.0. The Labute approximate surface area is 124 Å². The van der Waals surface area contributed by atoms with Gasteiger partial charge in [-0.15, -0.1) is 0 Å². The summed E-state index contributed by atoms with van der Waals surface area (Å²) in [4.78, 5) is 14.3. The van der Waals surface area contributed by atoms with Crippen molar-refractivity contribution in [3.63, 3.8) is 0 Å². The second-order valence-electron chi connectivity index (χ2n) is 5.39. The van der Waals surface area contributed by atoms with Crippen molar-refractivity contribution >= 4 is 11.6 Å². The van der Waals surface area contributed by atoms with Crippen molar-refractivity contribution in [1.29, 1.82) is 0 Å². The van der Waals surface area contributed by atoms with Crippen LogP contribution < -0.4 is 10.2 Å². The van der Waals surface area contributed by atoms with Crippen LogP contribution in [0.15, 0.2) is 42.7 Å². The van der Waals surface area contributed by atoms with Gasteiger partial charge in [0.25, 0.3) is 0 Å². The lowest BCUT2D eigenvalue weighted by Crippen LogP contribution is -2.42. The van der Waals surface area contributed by atoms with Crippen molar-refractivity contribution in [1.82, 2.24) is 15.1 Å². The van der Waals surface area contributed by atoms with Crippen molar-refractivity contribution in [2.24, 2.45) is 0 Å². The minimum absolute atomic E-state index is 0.132. The number of para-hydroxylation sites is 1. The Bertz CT molecular complexity index is 608. The number of aromatic nitrogens is 2. The Morgan fingerprint density at radius 3 is 3.05 bits per heavy atom. The number of carbonyl (C=O) groups is 1. The van der Waals surface area contributed by atoms with E-state index in [1.165, 1.54) is 5.56 Å². The molecular weight excluding hydrogens is 264 g/mol. The van der Waals surface area contributed by atoms with Crippen LogP contribution in [0.3, 0.4) is 0 Å². The highest BCUT2D eigenvalue weighted by molar-refractivity contribution is 5.97. The monoisotopic (exact) mass is 284 g/mol. The molecule has 2 heterocycles. The lowest BCUT2D eigenvalue weighted by molar-refractivity contribution is -0.118. The third-order valence-corrected chi connectivity index (χ3v) is 3.83. The largest absolute Gasteiger partial charge is 0.308 e. The van der Waals surface area contributed by atoms with Crippen LogP contribution in [0.25, 0.3) is 0 Å². The molecule has 0 radical (unpaired) electrons. The fourth-order valence-electron chi connectivity index (χ4n) is 2.85. The van der Waals surface area contributed by atoms with E-state index in [0.29, 0.717) is 6.54 Å². The molecule has 0 fully saturated rings. The summed E-state index contributed by atoms with van der Waals surface area (Å²) in [6.07, 6.45) is 4.62. The van der Waals surface area contributed by atoms with Crippen LogP contribution >= 0.6 is 0 Å². The fourth-order valence-corrected chi connectivity index (χ4v) is 2.85. The maximum atomic E-state index is 12.4. The predicted octanol–water partition coefficient (Wildman–Crippen LogP) is 1.45. The van der Waals surface area contributed by atoms with E-state index in [1.807, 2.05) is 40.0 Å². The van der Waals surface area contributed by atoms with Crippen LogP contribution in [0, 0.1) is 0 Å². The van der Waals surface area contributed by atoms with Crippen LogP contribution in [0.2, 0.25) is 0 Å². The van der Waals surface area contributed by atoms with Crippen molar-refractivity contribution in [3.05, 3.63) is 48.3 Å². The van der Waals surface area contributed by atoms with Gasteiger partial charge in [-0.25, -0.2) is 0 Å². The van der Waals surface area contributed by atoms with Gasteiger partial charge in [0, 0.05) is 30.7 Å². The number of hydrogen-bond acceptors (Lipinski definition) is 3.